The third-order valence-electron chi connectivity index (χ3n) is 10.2. The number of carbonyl (C=O) groups is 3. The molecule has 0 aromatic heterocycles. The van der Waals surface area contributed by atoms with E-state index < -0.39 is 57.9 Å². The van der Waals surface area contributed by atoms with Crippen LogP contribution in [0.25, 0.3) is 5.57 Å². The molecule has 0 spiro atoms. The smallest absolute Gasteiger partial charge is 0.349 e. The summed E-state index contributed by atoms with van der Waals surface area (Å²) >= 11 is 0. The Kier molecular flexibility index (Phi) is 6.02. The van der Waals surface area contributed by atoms with Crippen LogP contribution in [0.2, 0.25) is 0 Å². The van der Waals surface area contributed by atoms with E-state index >= 15 is 4.39 Å². The molecule has 0 bridgehead atoms. The number of allylic oxidation sites excluding steroid dienone is 4. The third kappa shape index (κ3) is 3.35. The lowest BCUT2D eigenvalue weighted by Gasteiger charge is -2.59. The quantitative estimate of drug-likeness (QED) is 0.546. The van der Waals surface area contributed by atoms with Crippen molar-refractivity contribution in [1.29, 1.82) is 0 Å². The first-order valence-electron chi connectivity index (χ1n) is 13.3. The number of hydrogen-bond donors (Lipinski definition) is 2. The van der Waals surface area contributed by atoms with Gasteiger partial charge in [-0.05, 0) is 48.7 Å². The van der Waals surface area contributed by atoms with Gasteiger partial charge in [-0.15, -0.1) is 0 Å². The van der Waals surface area contributed by atoms with Crippen molar-refractivity contribution in [2.45, 2.75) is 71.5 Å². The molecule has 2 N–H and O–H groups in total. The van der Waals surface area contributed by atoms with Gasteiger partial charge in [-0.2, -0.15) is 0 Å². The molecule has 7 heteroatoms. The summed E-state index contributed by atoms with van der Waals surface area (Å²) in [4.78, 5) is 38.3. The number of esters is 1. The standard InChI is InChI=1S/C30H35FO6/c1-5-23(33)37-30(27(35)36)16(2)13-21-18-11-12-20-25(31)26(34)19(17-9-7-6-8-10-17)14-28(20,3)24(18)22(32)15-29(21,30)4/h6-10,14,16,18,21-22,24,32H,5,11-13,15H2,1-4H3,(H,35,36)/t16-,18-,21-,22-,24+,28-,29-,30-/m0/s1. The van der Waals surface area contributed by atoms with Crippen LogP contribution < -0.4 is 0 Å². The second-order valence-electron chi connectivity index (χ2n) is 11.9. The molecule has 3 fully saturated rings. The van der Waals surface area contributed by atoms with Crippen molar-refractivity contribution in [3.8, 4) is 0 Å². The molecule has 8 atom stereocenters. The molecule has 3 saturated carbocycles. The molecule has 6 nitrogen and oxygen atoms in total. The zero-order valence-electron chi connectivity index (χ0n) is 21.8. The maximum absolute atomic E-state index is 15.7. The summed E-state index contributed by atoms with van der Waals surface area (Å²) in [6, 6.07) is 9.00. The number of aliphatic carboxylic acids is 1. The van der Waals surface area contributed by atoms with Crippen LogP contribution in [0, 0.1) is 34.5 Å². The molecule has 0 amide bonds. The largest absolute Gasteiger partial charge is 0.478 e. The highest BCUT2D eigenvalue weighted by Crippen LogP contribution is 2.69. The van der Waals surface area contributed by atoms with Crippen LogP contribution in [0.5, 0.6) is 0 Å². The molecule has 0 aliphatic heterocycles. The maximum atomic E-state index is 15.7. The fraction of sp³-hybridized carbons (Fsp3) is 0.567. The number of ether oxygens (including phenoxy) is 1. The van der Waals surface area contributed by atoms with E-state index in [-0.39, 0.29) is 24.7 Å². The van der Waals surface area contributed by atoms with Crippen molar-refractivity contribution in [3.05, 3.63) is 53.4 Å². The van der Waals surface area contributed by atoms with Crippen molar-refractivity contribution in [2.24, 2.45) is 34.5 Å². The van der Waals surface area contributed by atoms with Gasteiger partial charge in [-0.3, -0.25) is 9.59 Å². The summed E-state index contributed by atoms with van der Waals surface area (Å²) in [5, 5.41) is 22.2. The lowest BCUT2D eigenvalue weighted by Crippen LogP contribution is -2.63. The highest BCUT2D eigenvalue weighted by molar-refractivity contribution is 6.29. The zero-order valence-corrected chi connectivity index (χ0v) is 21.8. The van der Waals surface area contributed by atoms with E-state index in [9.17, 15) is 24.6 Å². The first-order chi connectivity index (χ1) is 17.4. The number of benzene rings is 1. The summed E-state index contributed by atoms with van der Waals surface area (Å²) in [5.41, 5.74) is -2.28. The summed E-state index contributed by atoms with van der Waals surface area (Å²) in [6.07, 6.45) is 2.46. The molecule has 4 aliphatic rings. The fourth-order valence-corrected chi connectivity index (χ4v) is 8.65. The number of hydrogen-bond acceptors (Lipinski definition) is 5. The third-order valence-corrected chi connectivity index (χ3v) is 10.2. The second-order valence-corrected chi connectivity index (χ2v) is 11.9. The van der Waals surface area contributed by atoms with Crippen LogP contribution in [-0.2, 0) is 19.1 Å². The van der Waals surface area contributed by atoms with Crippen LogP contribution >= 0.6 is 0 Å². The van der Waals surface area contributed by atoms with Gasteiger partial charge in [0.05, 0.1) is 6.10 Å². The Hall–Kier alpha value is -2.80. The molecular formula is C30H35FO6. The van der Waals surface area contributed by atoms with Crippen LogP contribution in [0.1, 0.15) is 65.4 Å². The number of rotatable bonds is 4. The molecule has 0 saturated heterocycles. The Labute approximate surface area is 216 Å². The van der Waals surface area contributed by atoms with Crippen molar-refractivity contribution in [1.82, 2.24) is 0 Å². The normalized spacial score (nSPS) is 40.9. The van der Waals surface area contributed by atoms with E-state index in [4.69, 9.17) is 4.74 Å². The number of ketones is 1. The number of carboxylic acid groups (broad SMARTS) is 1. The number of carbonyl (C=O) groups excluding carboxylic acids is 2. The molecule has 1 aromatic rings. The van der Waals surface area contributed by atoms with Gasteiger partial charge in [0, 0.05) is 34.7 Å². The average Bonchev–Trinajstić information content (AvgIpc) is 3.08. The monoisotopic (exact) mass is 510 g/mol. The average molecular weight is 511 g/mol. The number of Topliss-reactive ketones (excluding diaryl/α,β-unsaturated/α-hetero) is 1. The highest BCUT2D eigenvalue weighted by atomic mass is 19.1. The minimum atomic E-state index is -1.74. The molecule has 5 rings (SSSR count). The van der Waals surface area contributed by atoms with E-state index in [1.54, 1.807) is 31.2 Å². The van der Waals surface area contributed by atoms with Gasteiger partial charge >= 0.3 is 11.9 Å². The lowest BCUT2D eigenvalue weighted by molar-refractivity contribution is -0.215. The molecule has 0 radical (unpaired) electrons. The van der Waals surface area contributed by atoms with Gasteiger partial charge in [0.25, 0.3) is 0 Å². The zero-order chi connectivity index (χ0) is 26.9. The van der Waals surface area contributed by atoms with Crippen LogP contribution in [0.4, 0.5) is 4.39 Å². The molecule has 0 unspecified atom stereocenters. The summed E-state index contributed by atoms with van der Waals surface area (Å²) in [6.45, 7) is 7.18. The van der Waals surface area contributed by atoms with E-state index in [0.29, 0.717) is 36.0 Å². The van der Waals surface area contributed by atoms with Crippen LogP contribution in [0.15, 0.2) is 47.8 Å². The topological polar surface area (TPSA) is 101 Å². The number of aliphatic hydroxyl groups excluding tert-OH is 1. The van der Waals surface area contributed by atoms with Crippen LogP contribution in [0.3, 0.4) is 0 Å². The molecule has 1 aromatic carbocycles. The van der Waals surface area contributed by atoms with Crippen LogP contribution in [-0.4, -0.2) is 39.6 Å². The van der Waals surface area contributed by atoms with Gasteiger partial charge in [0.2, 0.25) is 11.4 Å². The van der Waals surface area contributed by atoms with Gasteiger partial charge in [0.15, 0.2) is 5.83 Å². The second kappa shape index (κ2) is 8.62. The lowest BCUT2D eigenvalue weighted by atomic mass is 9.46. The summed E-state index contributed by atoms with van der Waals surface area (Å²) in [5.74, 6) is -4.24. The van der Waals surface area contributed by atoms with Gasteiger partial charge in [0.1, 0.15) is 0 Å². The SMILES string of the molecule is CCC(=O)O[C@]1(C(=O)O)[C@@H](C)C[C@H]2[C@@H]3CCC4=C(F)C(=O)C(c5ccccc5)=C[C@]4(C)[C@H]3[C@@H](O)C[C@@]21C. The molecule has 0 heterocycles. The first-order valence-corrected chi connectivity index (χ1v) is 13.3. The minimum Gasteiger partial charge on any atom is -0.478 e. The van der Waals surface area contributed by atoms with E-state index in [1.165, 1.54) is 0 Å². The Bertz CT molecular complexity index is 1220. The van der Waals surface area contributed by atoms with Gasteiger partial charge in [-0.25, -0.2) is 9.18 Å². The minimum absolute atomic E-state index is 0.0592. The van der Waals surface area contributed by atoms with Gasteiger partial charge in [-0.1, -0.05) is 64.1 Å². The predicted molar refractivity (Wildman–Crippen MR) is 135 cm³/mol. The van der Waals surface area contributed by atoms with E-state index in [0.717, 1.165) is 0 Å². The summed E-state index contributed by atoms with van der Waals surface area (Å²) < 4.78 is 21.5. The predicted octanol–water partition coefficient (Wildman–Crippen LogP) is 5.11. The fourth-order valence-electron chi connectivity index (χ4n) is 8.65. The number of halogens is 1. The molecular weight excluding hydrogens is 475 g/mol. The molecule has 4 aliphatic carbocycles. The van der Waals surface area contributed by atoms with E-state index in [1.807, 2.05) is 32.9 Å². The number of fused-ring (bicyclic) bond motifs is 5. The van der Waals surface area contributed by atoms with Crippen molar-refractivity contribution in [3.63, 3.8) is 0 Å². The Morgan fingerprint density at radius 1 is 1.19 bits per heavy atom. The molecule has 37 heavy (non-hydrogen) atoms. The summed E-state index contributed by atoms with van der Waals surface area (Å²) in [7, 11) is 0. The Morgan fingerprint density at radius 2 is 1.86 bits per heavy atom. The maximum Gasteiger partial charge on any atom is 0.349 e. The Balaban J connectivity index is 1.62. The molecule has 198 valence electrons. The van der Waals surface area contributed by atoms with Crippen molar-refractivity contribution in [2.75, 3.05) is 0 Å². The highest BCUT2D eigenvalue weighted by Gasteiger charge is 2.73. The van der Waals surface area contributed by atoms with Crippen molar-refractivity contribution >= 4 is 23.3 Å². The van der Waals surface area contributed by atoms with Crippen molar-refractivity contribution < 1.29 is 33.7 Å². The Morgan fingerprint density at radius 3 is 2.49 bits per heavy atom. The first kappa shape index (κ1) is 25.8. The number of carboxylic acids is 1. The van der Waals surface area contributed by atoms with Gasteiger partial charge < -0.3 is 14.9 Å². The number of aliphatic hydroxyl groups is 1. The van der Waals surface area contributed by atoms with E-state index in [2.05, 4.69) is 0 Å².